The van der Waals surface area contributed by atoms with Gasteiger partial charge in [-0.1, -0.05) is 24.3 Å². The number of aldehydes is 1. The van der Waals surface area contributed by atoms with E-state index >= 15 is 0 Å². The lowest BCUT2D eigenvalue weighted by Gasteiger charge is -2.12. The number of aromatic nitrogens is 1. The molecule has 0 saturated carbocycles. The molecule has 2 aromatic carbocycles. The summed E-state index contributed by atoms with van der Waals surface area (Å²) in [6.07, 6.45) is 3.94. The predicted molar refractivity (Wildman–Crippen MR) is 93.6 cm³/mol. The molecule has 1 aromatic heterocycles. The van der Waals surface area contributed by atoms with E-state index in [0.29, 0.717) is 0 Å². The highest BCUT2D eigenvalue weighted by Gasteiger charge is 2.10. The molecule has 0 atom stereocenters. The SMILES string of the molecule is COc1ccc2nc(C=CC=O)cc(-c3ccccc3C)c2c1. The molecular formula is C20H17NO2. The molecule has 0 spiro atoms. The molecule has 3 rings (SSSR count). The van der Waals surface area contributed by atoms with Gasteiger partial charge >= 0.3 is 0 Å². The normalized spacial score (nSPS) is 11.0. The Labute approximate surface area is 135 Å². The first-order valence-electron chi connectivity index (χ1n) is 7.39. The molecule has 23 heavy (non-hydrogen) atoms. The van der Waals surface area contributed by atoms with Crippen LogP contribution in [0.2, 0.25) is 0 Å². The van der Waals surface area contributed by atoms with E-state index < -0.39 is 0 Å². The minimum atomic E-state index is 0.757. The van der Waals surface area contributed by atoms with Crippen LogP contribution < -0.4 is 4.74 Å². The molecule has 0 aliphatic heterocycles. The van der Waals surface area contributed by atoms with Crippen molar-refractivity contribution in [3.8, 4) is 16.9 Å². The maximum atomic E-state index is 10.6. The number of aryl methyl sites for hydroxylation is 1. The zero-order valence-corrected chi connectivity index (χ0v) is 13.1. The van der Waals surface area contributed by atoms with E-state index in [-0.39, 0.29) is 0 Å². The van der Waals surface area contributed by atoms with Crippen LogP contribution in [-0.2, 0) is 4.79 Å². The largest absolute Gasteiger partial charge is 0.497 e. The van der Waals surface area contributed by atoms with Gasteiger partial charge in [0, 0.05) is 5.39 Å². The fraction of sp³-hybridized carbons (Fsp3) is 0.100. The first-order valence-corrected chi connectivity index (χ1v) is 7.39. The molecule has 0 bridgehead atoms. The van der Waals surface area contributed by atoms with Crippen molar-refractivity contribution < 1.29 is 9.53 Å². The highest BCUT2D eigenvalue weighted by Crippen LogP contribution is 2.33. The second-order valence-electron chi connectivity index (χ2n) is 5.29. The van der Waals surface area contributed by atoms with E-state index in [2.05, 4.69) is 24.0 Å². The van der Waals surface area contributed by atoms with Crippen molar-refractivity contribution in [1.29, 1.82) is 0 Å². The van der Waals surface area contributed by atoms with Gasteiger partial charge in [0.15, 0.2) is 0 Å². The number of methoxy groups -OCH3 is 1. The molecule has 0 aliphatic rings. The van der Waals surface area contributed by atoms with Gasteiger partial charge in [-0.2, -0.15) is 0 Å². The minimum absolute atomic E-state index is 0.757. The summed E-state index contributed by atoms with van der Waals surface area (Å²) >= 11 is 0. The van der Waals surface area contributed by atoms with Gasteiger partial charge in [0.2, 0.25) is 0 Å². The van der Waals surface area contributed by atoms with Gasteiger partial charge in [-0.15, -0.1) is 0 Å². The number of hydrogen-bond donors (Lipinski definition) is 0. The van der Waals surface area contributed by atoms with Gasteiger partial charge in [-0.3, -0.25) is 4.79 Å². The number of carbonyl (C=O) groups is 1. The number of fused-ring (bicyclic) bond motifs is 1. The van der Waals surface area contributed by atoms with Crippen LogP contribution in [0.4, 0.5) is 0 Å². The van der Waals surface area contributed by atoms with E-state index in [9.17, 15) is 4.79 Å². The van der Waals surface area contributed by atoms with Crippen LogP contribution in [-0.4, -0.2) is 18.4 Å². The fourth-order valence-electron chi connectivity index (χ4n) is 2.67. The monoisotopic (exact) mass is 303 g/mol. The molecule has 1 heterocycles. The van der Waals surface area contributed by atoms with E-state index in [1.54, 1.807) is 13.2 Å². The van der Waals surface area contributed by atoms with Crippen LogP contribution in [0.1, 0.15) is 11.3 Å². The third kappa shape index (κ3) is 2.99. The summed E-state index contributed by atoms with van der Waals surface area (Å²) in [4.78, 5) is 15.2. The Morgan fingerprint density at radius 2 is 1.87 bits per heavy atom. The van der Waals surface area contributed by atoms with Crippen LogP contribution in [0.3, 0.4) is 0 Å². The van der Waals surface area contributed by atoms with E-state index in [1.165, 1.54) is 11.6 Å². The number of ether oxygens (including phenoxy) is 1. The van der Waals surface area contributed by atoms with Crippen molar-refractivity contribution in [3.05, 3.63) is 65.9 Å². The summed E-state index contributed by atoms with van der Waals surface area (Å²) in [7, 11) is 1.66. The fourth-order valence-corrected chi connectivity index (χ4v) is 2.67. The Kier molecular flexibility index (Phi) is 4.20. The van der Waals surface area contributed by atoms with Crippen LogP contribution in [0.25, 0.3) is 28.1 Å². The Balaban J connectivity index is 2.33. The summed E-state index contributed by atoms with van der Waals surface area (Å²) in [5, 5.41) is 1.03. The number of nitrogens with zero attached hydrogens (tertiary/aromatic N) is 1. The van der Waals surface area contributed by atoms with Crippen LogP contribution in [0, 0.1) is 6.92 Å². The molecule has 3 aromatic rings. The van der Waals surface area contributed by atoms with Crippen molar-refractivity contribution >= 4 is 23.3 Å². The highest BCUT2D eigenvalue weighted by atomic mass is 16.5. The number of benzene rings is 2. The average Bonchev–Trinajstić information content (AvgIpc) is 2.59. The molecule has 0 aliphatic carbocycles. The van der Waals surface area contributed by atoms with E-state index in [4.69, 9.17) is 4.74 Å². The lowest BCUT2D eigenvalue weighted by molar-refractivity contribution is -0.104. The highest BCUT2D eigenvalue weighted by molar-refractivity contribution is 5.97. The van der Waals surface area contributed by atoms with Crippen molar-refractivity contribution in [1.82, 2.24) is 4.98 Å². The van der Waals surface area contributed by atoms with Gasteiger partial charge in [0.1, 0.15) is 12.0 Å². The second kappa shape index (κ2) is 6.44. The topological polar surface area (TPSA) is 39.2 Å². The predicted octanol–water partition coefficient (Wildman–Crippen LogP) is 4.43. The lowest BCUT2D eigenvalue weighted by atomic mass is 9.96. The number of rotatable bonds is 4. The van der Waals surface area contributed by atoms with Crippen molar-refractivity contribution in [2.45, 2.75) is 6.92 Å². The second-order valence-corrected chi connectivity index (χ2v) is 5.29. The summed E-state index contributed by atoms with van der Waals surface area (Å²) in [6, 6.07) is 16.1. The lowest BCUT2D eigenvalue weighted by Crippen LogP contribution is -1.92. The van der Waals surface area contributed by atoms with Crippen LogP contribution in [0.15, 0.2) is 54.6 Å². The summed E-state index contributed by atoms with van der Waals surface area (Å²) in [5.41, 5.74) is 5.05. The maximum absolute atomic E-state index is 10.6. The number of hydrogen-bond acceptors (Lipinski definition) is 3. The van der Waals surface area contributed by atoms with Gasteiger partial charge in [-0.25, -0.2) is 4.98 Å². The minimum Gasteiger partial charge on any atom is -0.497 e. The molecule has 0 N–H and O–H groups in total. The first kappa shape index (κ1) is 15.0. The Morgan fingerprint density at radius 3 is 2.61 bits per heavy atom. The molecule has 3 nitrogen and oxygen atoms in total. The van der Waals surface area contributed by atoms with Crippen molar-refractivity contribution in [2.24, 2.45) is 0 Å². The molecule has 0 saturated heterocycles. The number of pyridine rings is 1. The first-order chi connectivity index (χ1) is 11.2. The van der Waals surface area contributed by atoms with Crippen molar-refractivity contribution in [2.75, 3.05) is 7.11 Å². The molecule has 3 heteroatoms. The molecular weight excluding hydrogens is 286 g/mol. The van der Waals surface area contributed by atoms with Crippen molar-refractivity contribution in [3.63, 3.8) is 0 Å². The van der Waals surface area contributed by atoms with Crippen LogP contribution >= 0.6 is 0 Å². The molecule has 0 fully saturated rings. The summed E-state index contributed by atoms with van der Waals surface area (Å²) in [6.45, 7) is 2.09. The molecule has 0 amide bonds. The zero-order valence-electron chi connectivity index (χ0n) is 13.1. The molecule has 0 radical (unpaired) electrons. The Bertz CT molecular complexity index is 897. The zero-order chi connectivity index (χ0) is 16.2. The molecule has 0 unspecified atom stereocenters. The summed E-state index contributed by atoms with van der Waals surface area (Å²) in [5.74, 6) is 0.797. The Hall–Kier alpha value is -2.94. The third-order valence-corrected chi connectivity index (χ3v) is 3.82. The summed E-state index contributed by atoms with van der Waals surface area (Å²) < 4.78 is 5.35. The maximum Gasteiger partial charge on any atom is 0.142 e. The van der Waals surface area contributed by atoms with Gasteiger partial charge in [-0.05, 0) is 60.0 Å². The third-order valence-electron chi connectivity index (χ3n) is 3.82. The smallest absolute Gasteiger partial charge is 0.142 e. The van der Waals surface area contributed by atoms with Gasteiger partial charge in [0.05, 0.1) is 18.3 Å². The molecule has 114 valence electrons. The quantitative estimate of drug-likeness (QED) is 0.528. The average molecular weight is 303 g/mol. The van der Waals surface area contributed by atoms with E-state index in [0.717, 1.165) is 39.8 Å². The van der Waals surface area contributed by atoms with Crippen LogP contribution in [0.5, 0.6) is 5.75 Å². The standard InChI is InChI=1S/C20H17NO2/c1-14-6-3-4-8-17(14)18-12-15(7-5-11-22)21-20-10-9-16(23-2)13-19(18)20/h3-13H,1-2H3. The Morgan fingerprint density at radius 1 is 1.04 bits per heavy atom. The van der Waals surface area contributed by atoms with Gasteiger partial charge in [0.25, 0.3) is 0 Å². The van der Waals surface area contributed by atoms with E-state index in [1.807, 2.05) is 36.4 Å². The van der Waals surface area contributed by atoms with Gasteiger partial charge < -0.3 is 4.74 Å². The number of carbonyl (C=O) groups excluding carboxylic acids is 1. The number of allylic oxidation sites excluding steroid dienone is 1.